The summed E-state index contributed by atoms with van der Waals surface area (Å²) in [4.78, 5) is 21.5. The van der Waals surface area contributed by atoms with Crippen molar-refractivity contribution in [2.24, 2.45) is 7.05 Å². The lowest BCUT2D eigenvalue weighted by Gasteiger charge is -2.26. The number of anilines is 1. The van der Waals surface area contributed by atoms with E-state index in [4.69, 9.17) is 0 Å². The Morgan fingerprint density at radius 3 is 2.91 bits per heavy atom. The molecule has 0 aliphatic carbocycles. The minimum Gasteiger partial charge on any atom is -0.340 e. The van der Waals surface area contributed by atoms with Crippen LogP contribution in [0, 0.1) is 0 Å². The molecule has 118 valence electrons. The SMILES string of the molecule is Cn1cncc1C1=CN(c2ncnc3nc[nH]c23)CCS1(=O)=O. The number of H-pyrrole nitrogens is 1. The average molecular weight is 331 g/mol. The first kappa shape index (κ1) is 13.9. The van der Waals surface area contributed by atoms with Gasteiger partial charge in [-0.3, -0.25) is 0 Å². The largest absolute Gasteiger partial charge is 0.340 e. The van der Waals surface area contributed by atoms with Crippen molar-refractivity contribution >= 4 is 31.7 Å². The van der Waals surface area contributed by atoms with Gasteiger partial charge in [-0.15, -0.1) is 0 Å². The van der Waals surface area contributed by atoms with Crippen molar-refractivity contribution in [3.63, 3.8) is 0 Å². The molecule has 23 heavy (non-hydrogen) atoms. The van der Waals surface area contributed by atoms with E-state index in [1.54, 1.807) is 35.2 Å². The van der Waals surface area contributed by atoms with Gasteiger partial charge in [-0.1, -0.05) is 0 Å². The van der Waals surface area contributed by atoms with Gasteiger partial charge in [0.05, 0.1) is 30.3 Å². The Labute approximate surface area is 131 Å². The highest BCUT2D eigenvalue weighted by Crippen LogP contribution is 2.29. The van der Waals surface area contributed by atoms with E-state index in [1.165, 1.54) is 12.7 Å². The number of imidazole rings is 2. The summed E-state index contributed by atoms with van der Waals surface area (Å²) in [5.41, 5.74) is 1.76. The normalized spacial score (nSPS) is 17.4. The molecule has 0 radical (unpaired) electrons. The third kappa shape index (κ3) is 2.18. The molecule has 4 rings (SSSR count). The quantitative estimate of drug-likeness (QED) is 0.720. The van der Waals surface area contributed by atoms with Crippen LogP contribution in [0.15, 0.2) is 31.4 Å². The highest BCUT2D eigenvalue weighted by atomic mass is 32.2. The van der Waals surface area contributed by atoms with Crippen LogP contribution in [-0.4, -0.2) is 50.2 Å². The maximum atomic E-state index is 12.4. The molecule has 0 fully saturated rings. The molecule has 4 heterocycles. The summed E-state index contributed by atoms with van der Waals surface area (Å²) in [5.74, 6) is 0.603. The van der Waals surface area contributed by atoms with E-state index in [-0.39, 0.29) is 10.7 Å². The molecule has 1 N–H and O–H groups in total. The number of aromatic nitrogens is 6. The fourth-order valence-electron chi connectivity index (χ4n) is 2.57. The Hall–Kier alpha value is -2.75. The van der Waals surface area contributed by atoms with E-state index in [1.807, 2.05) is 0 Å². The van der Waals surface area contributed by atoms with Gasteiger partial charge >= 0.3 is 0 Å². The Morgan fingerprint density at radius 1 is 1.26 bits per heavy atom. The van der Waals surface area contributed by atoms with Crippen LogP contribution in [0.2, 0.25) is 0 Å². The van der Waals surface area contributed by atoms with Crippen LogP contribution < -0.4 is 4.90 Å². The zero-order valence-electron chi connectivity index (χ0n) is 12.2. The summed E-state index contributed by atoms with van der Waals surface area (Å²) in [6, 6.07) is 0. The maximum Gasteiger partial charge on any atom is 0.183 e. The minimum absolute atomic E-state index is 0.00362. The number of nitrogens with one attached hydrogen (secondary N) is 1. The van der Waals surface area contributed by atoms with Crippen molar-refractivity contribution in [2.75, 3.05) is 17.2 Å². The van der Waals surface area contributed by atoms with Gasteiger partial charge in [0.15, 0.2) is 21.3 Å². The van der Waals surface area contributed by atoms with Crippen molar-refractivity contribution < 1.29 is 8.42 Å². The molecule has 0 atom stereocenters. The first-order valence-electron chi connectivity index (χ1n) is 6.88. The Kier molecular flexibility index (Phi) is 2.94. The number of aryl methyl sites for hydroxylation is 1. The summed E-state index contributed by atoms with van der Waals surface area (Å²) >= 11 is 0. The molecule has 9 nitrogen and oxygen atoms in total. The fourth-order valence-corrected chi connectivity index (χ4v) is 4.03. The second-order valence-corrected chi connectivity index (χ2v) is 7.27. The van der Waals surface area contributed by atoms with Gasteiger partial charge in [-0.2, -0.15) is 0 Å². The molecular weight excluding hydrogens is 318 g/mol. The number of hydrogen-bond donors (Lipinski definition) is 1. The van der Waals surface area contributed by atoms with E-state index in [0.717, 1.165) is 0 Å². The first-order valence-corrected chi connectivity index (χ1v) is 8.53. The lowest BCUT2D eigenvalue weighted by atomic mass is 10.4. The zero-order valence-corrected chi connectivity index (χ0v) is 13.0. The van der Waals surface area contributed by atoms with Crippen molar-refractivity contribution in [1.29, 1.82) is 0 Å². The summed E-state index contributed by atoms with van der Waals surface area (Å²) < 4.78 is 26.5. The molecule has 0 saturated heterocycles. The predicted molar refractivity (Wildman–Crippen MR) is 84.0 cm³/mol. The van der Waals surface area contributed by atoms with Gasteiger partial charge in [0.1, 0.15) is 16.7 Å². The summed E-state index contributed by atoms with van der Waals surface area (Å²) in [6.07, 6.45) is 7.66. The highest BCUT2D eigenvalue weighted by molar-refractivity contribution is 8.00. The highest BCUT2D eigenvalue weighted by Gasteiger charge is 2.29. The smallest absolute Gasteiger partial charge is 0.183 e. The Bertz CT molecular complexity index is 1020. The Morgan fingerprint density at radius 2 is 2.13 bits per heavy atom. The van der Waals surface area contributed by atoms with Crippen LogP contribution in [0.3, 0.4) is 0 Å². The third-order valence-corrected chi connectivity index (χ3v) is 5.46. The van der Waals surface area contributed by atoms with Gasteiger partial charge in [-0.05, 0) is 0 Å². The molecule has 1 aliphatic heterocycles. The summed E-state index contributed by atoms with van der Waals surface area (Å²) in [7, 11) is -1.60. The predicted octanol–water partition coefficient (Wildman–Crippen LogP) is 0.320. The molecule has 0 unspecified atom stereocenters. The lowest BCUT2D eigenvalue weighted by molar-refractivity contribution is 0.603. The van der Waals surface area contributed by atoms with Crippen LogP contribution in [0.4, 0.5) is 5.82 Å². The number of sulfone groups is 1. The molecule has 10 heteroatoms. The van der Waals surface area contributed by atoms with Crippen LogP contribution in [0.1, 0.15) is 5.69 Å². The van der Waals surface area contributed by atoms with Crippen LogP contribution in [0.5, 0.6) is 0 Å². The maximum absolute atomic E-state index is 12.4. The molecule has 3 aromatic heterocycles. The van der Waals surface area contributed by atoms with Crippen LogP contribution in [0.25, 0.3) is 16.1 Å². The fraction of sp³-hybridized carbons (Fsp3) is 0.231. The van der Waals surface area contributed by atoms with E-state index < -0.39 is 9.84 Å². The van der Waals surface area contributed by atoms with Gasteiger partial charge in [0.2, 0.25) is 0 Å². The molecular formula is C13H13N7O2S. The number of rotatable bonds is 2. The summed E-state index contributed by atoms with van der Waals surface area (Å²) in [6.45, 7) is 0.314. The van der Waals surface area contributed by atoms with E-state index in [9.17, 15) is 8.42 Å². The Balaban J connectivity index is 1.88. The van der Waals surface area contributed by atoms with Gasteiger partial charge < -0.3 is 14.5 Å². The minimum atomic E-state index is -3.36. The van der Waals surface area contributed by atoms with Gasteiger partial charge in [-0.25, -0.2) is 28.4 Å². The van der Waals surface area contributed by atoms with Crippen molar-refractivity contribution in [1.82, 2.24) is 29.5 Å². The monoisotopic (exact) mass is 331 g/mol. The lowest BCUT2D eigenvalue weighted by Crippen LogP contribution is -2.32. The van der Waals surface area contributed by atoms with Crippen LogP contribution in [-0.2, 0) is 16.9 Å². The van der Waals surface area contributed by atoms with Crippen LogP contribution >= 0.6 is 0 Å². The average Bonchev–Trinajstić information content (AvgIpc) is 3.15. The van der Waals surface area contributed by atoms with Gasteiger partial charge in [0, 0.05) is 19.8 Å². The zero-order chi connectivity index (χ0) is 16.0. The molecule has 0 bridgehead atoms. The van der Waals surface area contributed by atoms with E-state index in [2.05, 4.69) is 24.9 Å². The van der Waals surface area contributed by atoms with E-state index >= 15 is 0 Å². The number of fused-ring (bicyclic) bond motifs is 1. The summed E-state index contributed by atoms with van der Waals surface area (Å²) in [5, 5.41) is 0. The molecule has 0 spiro atoms. The van der Waals surface area contributed by atoms with E-state index in [0.29, 0.717) is 29.2 Å². The molecule has 0 amide bonds. The second-order valence-electron chi connectivity index (χ2n) is 5.19. The third-order valence-electron chi connectivity index (χ3n) is 3.75. The number of hydrogen-bond acceptors (Lipinski definition) is 7. The molecule has 0 aromatic carbocycles. The topological polar surface area (TPSA) is 110 Å². The number of aromatic amines is 1. The van der Waals surface area contributed by atoms with Crippen molar-refractivity contribution in [3.05, 3.63) is 37.1 Å². The van der Waals surface area contributed by atoms with Crippen molar-refractivity contribution in [2.45, 2.75) is 0 Å². The van der Waals surface area contributed by atoms with Gasteiger partial charge in [0.25, 0.3) is 0 Å². The molecule has 1 aliphatic rings. The first-order chi connectivity index (χ1) is 11.1. The number of nitrogens with zero attached hydrogens (tertiary/aromatic N) is 6. The van der Waals surface area contributed by atoms with Crippen molar-refractivity contribution in [3.8, 4) is 0 Å². The molecule has 0 saturated carbocycles. The molecule has 3 aromatic rings. The second kappa shape index (κ2) is 4.88. The standard InChI is InChI=1S/C13H13N7O2S/c1-19-8-14-4-9(19)10-5-20(2-3-23(10,21)22)13-11-12(16-6-15-11)17-7-18-13/h4-8H,2-3H2,1H3,(H,15,16,17,18).